The molecule has 1 atom stereocenters. The Kier molecular flexibility index (Phi) is 6.65. The first-order chi connectivity index (χ1) is 9.95. The molecule has 0 aliphatic heterocycles. The summed E-state index contributed by atoms with van der Waals surface area (Å²) in [5.74, 6) is -1.52. The van der Waals surface area contributed by atoms with Crippen LogP contribution in [-0.4, -0.2) is 34.6 Å². The number of ether oxygens (including phenoxy) is 1. The zero-order chi connectivity index (χ0) is 15.8. The van der Waals surface area contributed by atoms with E-state index in [0.29, 0.717) is 12.2 Å². The molecule has 0 bridgehead atoms. The van der Waals surface area contributed by atoms with Gasteiger partial charge >= 0.3 is 5.97 Å². The first-order valence-corrected chi connectivity index (χ1v) is 7.08. The van der Waals surface area contributed by atoms with Crippen molar-refractivity contribution in [2.24, 2.45) is 5.92 Å². The molecule has 1 heterocycles. The van der Waals surface area contributed by atoms with Gasteiger partial charge in [0.1, 0.15) is 0 Å². The number of nitrogens with one attached hydrogen (secondary N) is 1. The van der Waals surface area contributed by atoms with Crippen molar-refractivity contribution in [1.29, 1.82) is 0 Å². The van der Waals surface area contributed by atoms with Crippen molar-refractivity contribution >= 4 is 11.9 Å². The van der Waals surface area contributed by atoms with Crippen LogP contribution in [0.4, 0.5) is 0 Å². The Balaban J connectivity index is 2.73. The second-order valence-electron chi connectivity index (χ2n) is 5.05. The molecule has 0 aromatic carbocycles. The number of hydrogen-bond donors (Lipinski definition) is 2. The predicted molar refractivity (Wildman–Crippen MR) is 78.4 cm³/mol. The normalized spacial score (nSPS) is 12.0. The summed E-state index contributed by atoms with van der Waals surface area (Å²) >= 11 is 0. The Morgan fingerprint density at radius 3 is 2.71 bits per heavy atom. The van der Waals surface area contributed by atoms with Gasteiger partial charge < -0.3 is 15.2 Å². The van der Waals surface area contributed by atoms with Crippen LogP contribution < -0.4 is 10.1 Å². The number of carbonyl (C=O) groups excluding carboxylic acids is 1. The van der Waals surface area contributed by atoms with E-state index in [9.17, 15) is 9.59 Å². The molecule has 1 unspecified atom stereocenters. The summed E-state index contributed by atoms with van der Waals surface area (Å²) in [6.07, 6.45) is 2.70. The summed E-state index contributed by atoms with van der Waals surface area (Å²) in [6, 6.07) is 3.36. The SMILES string of the molecule is CCCC(CNC(=O)c1ncccc1OC(C)C)C(=O)O. The van der Waals surface area contributed by atoms with Crippen molar-refractivity contribution in [3.05, 3.63) is 24.0 Å². The molecule has 1 rings (SSSR count). The van der Waals surface area contributed by atoms with Crippen LogP contribution in [-0.2, 0) is 4.79 Å². The van der Waals surface area contributed by atoms with Crippen LogP contribution in [0.5, 0.6) is 5.75 Å². The van der Waals surface area contributed by atoms with Crippen LogP contribution in [0.1, 0.15) is 44.1 Å². The van der Waals surface area contributed by atoms with Gasteiger partial charge in [-0.1, -0.05) is 13.3 Å². The zero-order valence-corrected chi connectivity index (χ0v) is 12.6. The standard InChI is InChI=1S/C15H22N2O4/c1-4-6-11(15(19)20)9-17-14(18)13-12(21-10(2)3)7-5-8-16-13/h5,7-8,10-11H,4,6,9H2,1-3H3,(H,17,18)(H,19,20). The van der Waals surface area contributed by atoms with E-state index in [1.54, 1.807) is 12.1 Å². The third-order valence-corrected chi connectivity index (χ3v) is 2.84. The average molecular weight is 294 g/mol. The lowest BCUT2D eigenvalue weighted by Gasteiger charge is -2.15. The molecule has 6 heteroatoms. The Labute approximate surface area is 124 Å². The van der Waals surface area contributed by atoms with E-state index in [4.69, 9.17) is 9.84 Å². The summed E-state index contributed by atoms with van der Waals surface area (Å²) in [5.41, 5.74) is 0.173. The summed E-state index contributed by atoms with van der Waals surface area (Å²) in [4.78, 5) is 27.2. The maximum atomic E-state index is 12.1. The van der Waals surface area contributed by atoms with Crippen LogP contribution in [0.25, 0.3) is 0 Å². The van der Waals surface area contributed by atoms with Gasteiger partial charge in [-0.2, -0.15) is 0 Å². The van der Waals surface area contributed by atoms with E-state index in [1.807, 2.05) is 20.8 Å². The second kappa shape index (κ2) is 8.24. The largest absolute Gasteiger partial charge is 0.489 e. The molecular formula is C15H22N2O4. The van der Waals surface area contributed by atoms with E-state index in [1.165, 1.54) is 6.20 Å². The highest BCUT2D eigenvalue weighted by atomic mass is 16.5. The van der Waals surface area contributed by atoms with Gasteiger partial charge in [-0.05, 0) is 32.4 Å². The summed E-state index contributed by atoms with van der Waals surface area (Å²) < 4.78 is 5.53. The molecule has 2 N–H and O–H groups in total. The van der Waals surface area contributed by atoms with Crippen LogP contribution in [0.15, 0.2) is 18.3 Å². The Hall–Kier alpha value is -2.11. The van der Waals surface area contributed by atoms with Crippen LogP contribution in [0.3, 0.4) is 0 Å². The van der Waals surface area contributed by atoms with Gasteiger partial charge in [0.25, 0.3) is 5.91 Å². The van der Waals surface area contributed by atoms with Gasteiger partial charge in [0.15, 0.2) is 11.4 Å². The van der Waals surface area contributed by atoms with Gasteiger partial charge in [-0.15, -0.1) is 0 Å². The fourth-order valence-corrected chi connectivity index (χ4v) is 1.87. The van der Waals surface area contributed by atoms with E-state index in [-0.39, 0.29) is 18.3 Å². The number of rotatable bonds is 8. The lowest BCUT2D eigenvalue weighted by Crippen LogP contribution is -2.33. The average Bonchev–Trinajstić information content (AvgIpc) is 2.42. The molecule has 1 aromatic rings. The molecule has 0 radical (unpaired) electrons. The minimum Gasteiger partial charge on any atom is -0.489 e. The summed E-state index contributed by atoms with van der Waals surface area (Å²) in [7, 11) is 0. The number of amides is 1. The summed E-state index contributed by atoms with van der Waals surface area (Å²) in [6.45, 7) is 5.71. The summed E-state index contributed by atoms with van der Waals surface area (Å²) in [5, 5.41) is 11.7. The lowest BCUT2D eigenvalue weighted by atomic mass is 10.0. The smallest absolute Gasteiger partial charge is 0.308 e. The lowest BCUT2D eigenvalue weighted by molar-refractivity contribution is -0.141. The van der Waals surface area contributed by atoms with E-state index in [2.05, 4.69) is 10.3 Å². The number of aliphatic carboxylic acids is 1. The highest BCUT2D eigenvalue weighted by molar-refractivity contribution is 5.95. The highest BCUT2D eigenvalue weighted by Gasteiger charge is 2.20. The highest BCUT2D eigenvalue weighted by Crippen LogP contribution is 2.17. The van der Waals surface area contributed by atoms with Crippen molar-refractivity contribution in [2.75, 3.05) is 6.54 Å². The molecule has 116 valence electrons. The Morgan fingerprint density at radius 1 is 1.43 bits per heavy atom. The third-order valence-electron chi connectivity index (χ3n) is 2.84. The van der Waals surface area contributed by atoms with Crippen molar-refractivity contribution in [2.45, 2.75) is 39.7 Å². The molecule has 0 saturated carbocycles. The van der Waals surface area contributed by atoms with Gasteiger partial charge in [0.2, 0.25) is 0 Å². The zero-order valence-electron chi connectivity index (χ0n) is 12.6. The van der Waals surface area contributed by atoms with Crippen molar-refractivity contribution < 1.29 is 19.4 Å². The van der Waals surface area contributed by atoms with Crippen molar-refractivity contribution in [1.82, 2.24) is 10.3 Å². The van der Waals surface area contributed by atoms with Crippen LogP contribution in [0, 0.1) is 5.92 Å². The van der Waals surface area contributed by atoms with Crippen molar-refractivity contribution in [3.8, 4) is 5.75 Å². The maximum absolute atomic E-state index is 12.1. The number of aromatic nitrogens is 1. The molecule has 0 aliphatic carbocycles. The minimum atomic E-state index is -0.906. The van der Waals surface area contributed by atoms with Crippen molar-refractivity contribution in [3.63, 3.8) is 0 Å². The minimum absolute atomic E-state index is 0.0763. The first-order valence-electron chi connectivity index (χ1n) is 7.08. The fraction of sp³-hybridized carbons (Fsp3) is 0.533. The predicted octanol–water partition coefficient (Wildman–Crippen LogP) is 2.10. The van der Waals surface area contributed by atoms with E-state index >= 15 is 0 Å². The van der Waals surface area contributed by atoms with Gasteiger partial charge in [0, 0.05) is 12.7 Å². The number of carboxylic acid groups (broad SMARTS) is 1. The molecule has 1 aromatic heterocycles. The van der Waals surface area contributed by atoms with E-state index in [0.717, 1.165) is 6.42 Å². The molecule has 0 spiro atoms. The van der Waals surface area contributed by atoms with Crippen LogP contribution >= 0.6 is 0 Å². The Morgan fingerprint density at radius 2 is 2.14 bits per heavy atom. The maximum Gasteiger partial charge on any atom is 0.308 e. The Bertz CT molecular complexity index is 488. The monoisotopic (exact) mass is 294 g/mol. The quantitative estimate of drug-likeness (QED) is 0.766. The number of hydrogen-bond acceptors (Lipinski definition) is 4. The third kappa shape index (κ3) is 5.41. The number of nitrogens with zero attached hydrogens (tertiary/aromatic N) is 1. The number of carboxylic acids is 1. The molecule has 0 fully saturated rings. The van der Waals surface area contributed by atoms with E-state index < -0.39 is 17.8 Å². The van der Waals surface area contributed by atoms with Gasteiger partial charge in [0.05, 0.1) is 12.0 Å². The van der Waals surface area contributed by atoms with Gasteiger partial charge in [-0.25, -0.2) is 4.98 Å². The number of carbonyl (C=O) groups is 2. The topological polar surface area (TPSA) is 88.5 Å². The molecule has 0 aliphatic rings. The first kappa shape index (κ1) is 16.9. The number of pyridine rings is 1. The fourth-order valence-electron chi connectivity index (χ4n) is 1.87. The second-order valence-corrected chi connectivity index (χ2v) is 5.05. The molecule has 21 heavy (non-hydrogen) atoms. The molecule has 1 amide bonds. The molecule has 0 saturated heterocycles. The molecule has 6 nitrogen and oxygen atoms in total. The van der Waals surface area contributed by atoms with Crippen LogP contribution in [0.2, 0.25) is 0 Å². The molecular weight excluding hydrogens is 272 g/mol. The van der Waals surface area contributed by atoms with Gasteiger partial charge in [-0.3, -0.25) is 9.59 Å².